The summed E-state index contributed by atoms with van der Waals surface area (Å²) < 4.78 is 0. The normalized spacial score (nSPS) is 10.9. The Kier molecular flexibility index (Phi) is 4.44. The number of nitrogens with zero attached hydrogens (tertiary/aromatic N) is 1. The van der Waals surface area contributed by atoms with Gasteiger partial charge in [-0.1, -0.05) is 24.3 Å². The maximum absolute atomic E-state index is 12.6. The Bertz CT molecular complexity index is 809. The molecular weight excluding hydrogens is 288 g/mol. The Labute approximate surface area is 135 Å². The van der Waals surface area contributed by atoms with Crippen molar-refractivity contribution in [3.05, 3.63) is 65.9 Å². The van der Waals surface area contributed by atoms with Gasteiger partial charge in [-0.25, -0.2) is 0 Å². The van der Waals surface area contributed by atoms with Crippen LogP contribution in [0.2, 0.25) is 0 Å². The van der Waals surface area contributed by atoms with Gasteiger partial charge in [-0.3, -0.25) is 4.79 Å². The highest BCUT2D eigenvalue weighted by Gasteiger charge is 2.15. The molecule has 0 saturated heterocycles. The second-order valence-corrected chi connectivity index (χ2v) is 5.63. The summed E-state index contributed by atoms with van der Waals surface area (Å²) in [6.45, 7) is 0.191. The second kappa shape index (κ2) is 6.67. The van der Waals surface area contributed by atoms with E-state index in [9.17, 15) is 4.79 Å². The highest BCUT2D eigenvalue weighted by Crippen LogP contribution is 2.21. The van der Waals surface area contributed by atoms with Crippen LogP contribution < -0.4 is 4.90 Å². The van der Waals surface area contributed by atoms with Gasteiger partial charge in [0.25, 0.3) is 5.91 Å². The number of rotatable bonds is 5. The van der Waals surface area contributed by atoms with E-state index in [2.05, 4.69) is 11.1 Å². The molecule has 23 heavy (non-hydrogen) atoms. The summed E-state index contributed by atoms with van der Waals surface area (Å²) >= 11 is 0. The number of aromatic amines is 1. The van der Waals surface area contributed by atoms with Crippen molar-refractivity contribution in [3.8, 4) is 0 Å². The van der Waals surface area contributed by atoms with Gasteiger partial charge in [-0.15, -0.1) is 0 Å². The summed E-state index contributed by atoms with van der Waals surface area (Å²) in [4.78, 5) is 17.5. The van der Waals surface area contributed by atoms with E-state index in [4.69, 9.17) is 5.11 Å². The van der Waals surface area contributed by atoms with Gasteiger partial charge in [-0.2, -0.15) is 0 Å². The number of amides is 1. The van der Waals surface area contributed by atoms with Gasteiger partial charge in [0.05, 0.1) is 0 Å². The molecule has 0 saturated carbocycles. The van der Waals surface area contributed by atoms with Crippen LogP contribution in [0.4, 0.5) is 5.69 Å². The van der Waals surface area contributed by atoms with Crippen molar-refractivity contribution in [1.29, 1.82) is 0 Å². The van der Waals surface area contributed by atoms with Crippen molar-refractivity contribution in [3.63, 3.8) is 0 Å². The highest BCUT2D eigenvalue weighted by atomic mass is 16.2. The first kappa shape index (κ1) is 15.3. The molecule has 3 rings (SSSR count). The van der Waals surface area contributed by atoms with Crippen molar-refractivity contribution in [2.24, 2.45) is 0 Å². The van der Waals surface area contributed by atoms with Crippen molar-refractivity contribution in [2.75, 3.05) is 18.6 Å². The fraction of sp³-hybridized carbons (Fsp3) is 0.211. The lowest BCUT2D eigenvalue weighted by atomic mass is 10.1. The van der Waals surface area contributed by atoms with Crippen LogP contribution in [0, 0.1) is 0 Å². The Morgan fingerprint density at radius 1 is 1.13 bits per heavy atom. The van der Waals surface area contributed by atoms with Gasteiger partial charge in [0.2, 0.25) is 0 Å². The third kappa shape index (κ3) is 3.27. The van der Waals surface area contributed by atoms with Crippen LogP contribution in [-0.2, 0) is 6.42 Å². The minimum absolute atomic E-state index is 0.0655. The molecule has 2 aromatic carbocycles. The number of hydrogen-bond acceptors (Lipinski definition) is 2. The van der Waals surface area contributed by atoms with Gasteiger partial charge >= 0.3 is 0 Å². The minimum Gasteiger partial charge on any atom is -0.396 e. The number of carbonyl (C=O) groups is 1. The van der Waals surface area contributed by atoms with E-state index in [0.717, 1.165) is 29.4 Å². The van der Waals surface area contributed by atoms with E-state index in [1.165, 1.54) is 5.56 Å². The largest absolute Gasteiger partial charge is 0.396 e. The third-order valence-electron chi connectivity index (χ3n) is 3.99. The molecule has 0 spiro atoms. The number of aromatic nitrogens is 1. The van der Waals surface area contributed by atoms with Crippen LogP contribution in [-0.4, -0.2) is 29.7 Å². The van der Waals surface area contributed by atoms with Gasteiger partial charge < -0.3 is 15.0 Å². The Hall–Kier alpha value is -2.59. The smallest absolute Gasteiger partial charge is 0.274 e. The van der Waals surface area contributed by atoms with E-state index < -0.39 is 0 Å². The molecule has 1 aromatic heterocycles. The van der Waals surface area contributed by atoms with E-state index in [1.54, 1.807) is 11.9 Å². The first-order valence-electron chi connectivity index (χ1n) is 7.74. The Morgan fingerprint density at radius 3 is 2.65 bits per heavy atom. The number of carbonyl (C=O) groups excluding carboxylic acids is 1. The van der Waals surface area contributed by atoms with E-state index in [0.29, 0.717) is 5.69 Å². The molecule has 0 atom stereocenters. The topological polar surface area (TPSA) is 56.3 Å². The molecule has 118 valence electrons. The fourth-order valence-electron chi connectivity index (χ4n) is 2.69. The van der Waals surface area contributed by atoms with Crippen LogP contribution in [0.15, 0.2) is 54.6 Å². The van der Waals surface area contributed by atoms with Crippen LogP contribution >= 0.6 is 0 Å². The molecule has 4 nitrogen and oxygen atoms in total. The molecule has 0 unspecified atom stereocenters. The Morgan fingerprint density at radius 2 is 1.91 bits per heavy atom. The number of anilines is 1. The monoisotopic (exact) mass is 308 g/mol. The molecule has 0 bridgehead atoms. The number of H-pyrrole nitrogens is 1. The average molecular weight is 308 g/mol. The van der Waals surface area contributed by atoms with Gasteiger partial charge in [0, 0.05) is 30.2 Å². The molecule has 0 radical (unpaired) electrons. The fourth-order valence-corrected chi connectivity index (χ4v) is 2.69. The lowest BCUT2D eigenvalue weighted by Gasteiger charge is -2.16. The first-order valence-corrected chi connectivity index (χ1v) is 7.74. The maximum Gasteiger partial charge on any atom is 0.274 e. The number of aliphatic hydroxyl groups is 1. The number of nitrogens with one attached hydrogen (secondary N) is 1. The molecular formula is C19H20N2O2. The van der Waals surface area contributed by atoms with Gasteiger partial charge in [0.15, 0.2) is 0 Å². The summed E-state index contributed by atoms with van der Waals surface area (Å²) in [5.41, 5.74) is 3.55. The molecule has 3 aromatic rings. The zero-order chi connectivity index (χ0) is 16.2. The number of fused-ring (bicyclic) bond motifs is 1. The number of para-hydroxylation sites is 1. The number of benzene rings is 2. The second-order valence-electron chi connectivity index (χ2n) is 5.63. The predicted octanol–water partition coefficient (Wildman–Crippen LogP) is 3.37. The molecule has 4 heteroatoms. The quantitative estimate of drug-likeness (QED) is 0.759. The molecule has 1 heterocycles. The first-order chi connectivity index (χ1) is 11.2. The van der Waals surface area contributed by atoms with Crippen LogP contribution in [0.1, 0.15) is 22.5 Å². The molecule has 0 aliphatic heterocycles. The summed E-state index contributed by atoms with van der Waals surface area (Å²) in [5.74, 6) is -0.0655. The summed E-state index contributed by atoms with van der Waals surface area (Å²) in [6, 6.07) is 17.6. The van der Waals surface area contributed by atoms with Crippen LogP contribution in [0.5, 0.6) is 0 Å². The van der Waals surface area contributed by atoms with Crippen molar-refractivity contribution >= 4 is 22.5 Å². The Balaban J connectivity index is 1.86. The van der Waals surface area contributed by atoms with Gasteiger partial charge in [-0.05, 0) is 48.7 Å². The molecule has 0 aliphatic carbocycles. The van der Waals surface area contributed by atoms with E-state index in [1.807, 2.05) is 48.5 Å². The van der Waals surface area contributed by atoms with Crippen molar-refractivity contribution < 1.29 is 9.90 Å². The molecule has 0 aliphatic rings. The lowest BCUT2D eigenvalue weighted by Crippen LogP contribution is -2.26. The van der Waals surface area contributed by atoms with Crippen molar-refractivity contribution in [1.82, 2.24) is 4.98 Å². The minimum atomic E-state index is -0.0655. The molecule has 1 amide bonds. The van der Waals surface area contributed by atoms with Gasteiger partial charge in [0.1, 0.15) is 5.69 Å². The summed E-state index contributed by atoms with van der Waals surface area (Å²) in [6.07, 6.45) is 1.59. The summed E-state index contributed by atoms with van der Waals surface area (Å²) in [5, 5.41) is 9.95. The van der Waals surface area contributed by atoms with Crippen LogP contribution in [0.25, 0.3) is 10.9 Å². The van der Waals surface area contributed by atoms with E-state index >= 15 is 0 Å². The zero-order valence-electron chi connectivity index (χ0n) is 13.1. The average Bonchev–Trinajstić information content (AvgIpc) is 3.02. The number of aliphatic hydroxyl groups excluding tert-OH is 1. The standard InChI is InChI=1S/C19H20N2O2/c1-21(16-7-3-2-4-8-16)19(23)18-13-15-12-14(6-5-11-22)9-10-17(15)20-18/h2-4,7-10,12-13,20,22H,5-6,11H2,1H3. The molecule has 0 fully saturated rings. The van der Waals surface area contributed by atoms with E-state index in [-0.39, 0.29) is 12.5 Å². The zero-order valence-corrected chi connectivity index (χ0v) is 13.1. The highest BCUT2D eigenvalue weighted by molar-refractivity contribution is 6.07. The lowest BCUT2D eigenvalue weighted by molar-refractivity contribution is 0.0989. The molecule has 2 N–H and O–H groups in total. The number of hydrogen-bond donors (Lipinski definition) is 2. The van der Waals surface area contributed by atoms with Crippen molar-refractivity contribution in [2.45, 2.75) is 12.8 Å². The SMILES string of the molecule is CN(C(=O)c1cc2cc(CCCO)ccc2[nH]1)c1ccccc1. The van der Waals surface area contributed by atoms with Crippen LogP contribution in [0.3, 0.4) is 0 Å². The third-order valence-corrected chi connectivity index (χ3v) is 3.99. The number of aryl methyl sites for hydroxylation is 1. The summed E-state index contributed by atoms with van der Waals surface area (Å²) in [7, 11) is 1.77. The maximum atomic E-state index is 12.6. The predicted molar refractivity (Wildman–Crippen MR) is 92.9 cm³/mol.